The van der Waals surface area contributed by atoms with E-state index in [4.69, 9.17) is 0 Å². The lowest BCUT2D eigenvalue weighted by atomic mass is 10.0. The molecule has 2 rings (SSSR count). The van der Waals surface area contributed by atoms with Crippen LogP contribution < -0.4 is 5.32 Å². The third-order valence-corrected chi connectivity index (χ3v) is 4.12. The summed E-state index contributed by atoms with van der Waals surface area (Å²) in [5.41, 5.74) is 0.927. The second kappa shape index (κ2) is 8.03. The molecule has 2 unspecified atom stereocenters. The van der Waals surface area contributed by atoms with Crippen LogP contribution in [0, 0.1) is 0 Å². The molecule has 0 aromatic heterocycles. The molecule has 0 saturated carbocycles. The SMILES string of the molecule is CCCCNC(=O)N1CCCC1CC(O)c1ccccc1. The number of likely N-dealkylation sites (tertiary alicyclic amines) is 1. The summed E-state index contributed by atoms with van der Waals surface area (Å²) >= 11 is 0. The van der Waals surface area contributed by atoms with E-state index in [0.29, 0.717) is 6.42 Å². The summed E-state index contributed by atoms with van der Waals surface area (Å²) in [5, 5.41) is 13.3. The second-order valence-electron chi connectivity index (χ2n) is 5.74. The van der Waals surface area contributed by atoms with Gasteiger partial charge in [-0.15, -0.1) is 0 Å². The maximum Gasteiger partial charge on any atom is 0.317 e. The number of unbranched alkanes of at least 4 members (excludes halogenated alkanes) is 1. The van der Waals surface area contributed by atoms with Crippen molar-refractivity contribution in [1.82, 2.24) is 10.2 Å². The molecule has 0 radical (unpaired) electrons. The largest absolute Gasteiger partial charge is 0.388 e. The number of carbonyl (C=O) groups is 1. The maximum absolute atomic E-state index is 12.2. The highest BCUT2D eigenvalue weighted by Gasteiger charge is 2.30. The van der Waals surface area contributed by atoms with E-state index in [1.807, 2.05) is 35.2 Å². The van der Waals surface area contributed by atoms with Crippen LogP contribution in [0.15, 0.2) is 30.3 Å². The molecule has 21 heavy (non-hydrogen) atoms. The zero-order valence-electron chi connectivity index (χ0n) is 12.8. The fraction of sp³-hybridized carbons (Fsp3) is 0.588. The van der Waals surface area contributed by atoms with E-state index in [1.165, 1.54) is 0 Å². The van der Waals surface area contributed by atoms with Gasteiger partial charge in [-0.1, -0.05) is 43.7 Å². The van der Waals surface area contributed by atoms with Crippen molar-refractivity contribution in [2.45, 2.75) is 51.2 Å². The van der Waals surface area contributed by atoms with Gasteiger partial charge in [-0.3, -0.25) is 0 Å². The molecule has 1 aromatic carbocycles. The molecule has 4 nitrogen and oxygen atoms in total. The zero-order chi connectivity index (χ0) is 15.1. The highest BCUT2D eigenvalue weighted by Crippen LogP contribution is 2.27. The molecule has 1 heterocycles. The molecule has 1 fully saturated rings. The van der Waals surface area contributed by atoms with Gasteiger partial charge in [0, 0.05) is 19.1 Å². The summed E-state index contributed by atoms with van der Waals surface area (Å²) in [7, 11) is 0. The number of urea groups is 1. The third kappa shape index (κ3) is 4.46. The number of nitrogens with one attached hydrogen (secondary N) is 1. The fourth-order valence-corrected chi connectivity index (χ4v) is 2.89. The van der Waals surface area contributed by atoms with E-state index in [1.54, 1.807) is 0 Å². The van der Waals surface area contributed by atoms with Crippen LogP contribution in [0.2, 0.25) is 0 Å². The van der Waals surface area contributed by atoms with Gasteiger partial charge >= 0.3 is 6.03 Å². The number of aliphatic hydroxyl groups excluding tert-OH is 1. The van der Waals surface area contributed by atoms with Crippen LogP contribution in [-0.2, 0) is 0 Å². The van der Waals surface area contributed by atoms with Gasteiger partial charge < -0.3 is 15.3 Å². The van der Waals surface area contributed by atoms with Crippen molar-refractivity contribution in [2.24, 2.45) is 0 Å². The Labute approximate surface area is 127 Å². The standard InChI is InChI=1S/C17H26N2O2/c1-2-3-11-18-17(21)19-12-7-10-15(19)13-16(20)14-8-5-4-6-9-14/h4-6,8-9,15-16,20H,2-3,7,10-13H2,1H3,(H,18,21). The summed E-state index contributed by atoms with van der Waals surface area (Å²) < 4.78 is 0. The highest BCUT2D eigenvalue weighted by molar-refractivity contribution is 5.74. The minimum atomic E-state index is -0.500. The number of nitrogens with zero attached hydrogens (tertiary/aromatic N) is 1. The average molecular weight is 290 g/mol. The Morgan fingerprint density at radius 2 is 2.19 bits per heavy atom. The first-order chi connectivity index (χ1) is 10.2. The summed E-state index contributed by atoms with van der Waals surface area (Å²) in [5.74, 6) is 0. The van der Waals surface area contributed by atoms with Crippen LogP contribution in [0.5, 0.6) is 0 Å². The van der Waals surface area contributed by atoms with Crippen LogP contribution in [0.4, 0.5) is 4.79 Å². The van der Waals surface area contributed by atoms with E-state index in [-0.39, 0.29) is 12.1 Å². The summed E-state index contributed by atoms with van der Waals surface area (Å²) in [4.78, 5) is 14.1. The number of hydrogen-bond acceptors (Lipinski definition) is 2. The molecule has 1 aromatic rings. The van der Waals surface area contributed by atoms with E-state index in [0.717, 1.165) is 44.3 Å². The van der Waals surface area contributed by atoms with Gasteiger partial charge in [-0.25, -0.2) is 4.79 Å². The number of carbonyl (C=O) groups excluding carboxylic acids is 1. The van der Waals surface area contributed by atoms with E-state index < -0.39 is 6.10 Å². The number of benzene rings is 1. The summed E-state index contributed by atoms with van der Waals surface area (Å²) in [6, 6.07) is 9.84. The molecule has 0 aliphatic carbocycles. The lowest BCUT2D eigenvalue weighted by Gasteiger charge is -2.27. The topological polar surface area (TPSA) is 52.6 Å². The van der Waals surface area contributed by atoms with Crippen LogP contribution in [0.1, 0.15) is 50.7 Å². The van der Waals surface area contributed by atoms with Crippen molar-refractivity contribution in [3.05, 3.63) is 35.9 Å². The Hall–Kier alpha value is -1.55. The smallest absolute Gasteiger partial charge is 0.317 e. The molecule has 0 spiro atoms. The maximum atomic E-state index is 12.2. The number of aliphatic hydroxyl groups is 1. The van der Waals surface area contributed by atoms with Crippen molar-refractivity contribution in [1.29, 1.82) is 0 Å². The van der Waals surface area contributed by atoms with Gasteiger partial charge in [0.1, 0.15) is 0 Å². The number of amides is 2. The van der Waals surface area contributed by atoms with Crippen LogP contribution >= 0.6 is 0 Å². The highest BCUT2D eigenvalue weighted by atomic mass is 16.3. The molecule has 1 saturated heterocycles. The molecule has 4 heteroatoms. The van der Waals surface area contributed by atoms with Crippen LogP contribution in [-0.4, -0.2) is 35.2 Å². The van der Waals surface area contributed by atoms with Crippen LogP contribution in [0.25, 0.3) is 0 Å². The van der Waals surface area contributed by atoms with Gasteiger partial charge in [0.25, 0.3) is 0 Å². The van der Waals surface area contributed by atoms with Crippen LogP contribution in [0.3, 0.4) is 0 Å². The molecule has 116 valence electrons. The predicted molar refractivity (Wildman–Crippen MR) is 84.1 cm³/mol. The van der Waals surface area contributed by atoms with Gasteiger partial charge in [0.15, 0.2) is 0 Å². The van der Waals surface area contributed by atoms with Gasteiger partial charge in [-0.2, -0.15) is 0 Å². The lowest BCUT2D eigenvalue weighted by molar-refractivity contribution is 0.126. The predicted octanol–water partition coefficient (Wildman–Crippen LogP) is 3.08. The Kier molecular flexibility index (Phi) is 6.05. The monoisotopic (exact) mass is 290 g/mol. The minimum Gasteiger partial charge on any atom is -0.388 e. The Bertz CT molecular complexity index is 436. The minimum absolute atomic E-state index is 0.0196. The van der Waals surface area contributed by atoms with Crippen molar-refractivity contribution < 1.29 is 9.90 Å². The molecule has 2 N–H and O–H groups in total. The normalized spacial score (nSPS) is 19.5. The third-order valence-electron chi connectivity index (χ3n) is 4.12. The lowest BCUT2D eigenvalue weighted by Crippen LogP contribution is -2.43. The van der Waals surface area contributed by atoms with E-state index >= 15 is 0 Å². The summed E-state index contributed by atoms with van der Waals surface area (Å²) in [6.07, 6.45) is 4.21. The summed E-state index contributed by atoms with van der Waals surface area (Å²) in [6.45, 7) is 3.64. The Morgan fingerprint density at radius 1 is 1.43 bits per heavy atom. The van der Waals surface area contributed by atoms with Crippen molar-refractivity contribution in [2.75, 3.05) is 13.1 Å². The fourth-order valence-electron chi connectivity index (χ4n) is 2.89. The van der Waals surface area contributed by atoms with Crippen molar-refractivity contribution in [3.8, 4) is 0 Å². The molecular formula is C17H26N2O2. The second-order valence-corrected chi connectivity index (χ2v) is 5.74. The van der Waals surface area contributed by atoms with Gasteiger partial charge in [0.05, 0.1) is 6.10 Å². The van der Waals surface area contributed by atoms with Crippen molar-refractivity contribution >= 4 is 6.03 Å². The Balaban J connectivity index is 1.88. The van der Waals surface area contributed by atoms with Gasteiger partial charge in [-0.05, 0) is 31.2 Å². The molecule has 1 aliphatic heterocycles. The quantitative estimate of drug-likeness (QED) is 0.791. The van der Waals surface area contributed by atoms with E-state index in [9.17, 15) is 9.90 Å². The first-order valence-electron chi connectivity index (χ1n) is 8.00. The molecule has 2 amide bonds. The first-order valence-corrected chi connectivity index (χ1v) is 8.00. The number of rotatable bonds is 6. The molecule has 2 atom stereocenters. The van der Waals surface area contributed by atoms with E-state index in [2.05, 4.69) is 12.2 Å². The Morgan fingerprint density at radius 3 is 2.90 bits per heavy atom. The molecule has 0 bridgehead atoms. The van der Waals surface area contributed by atoms with Gasteiger partial charge in [0.2, 0.25) is 0 Å². The zero-order valence-corrected chi connectivity index (χ0v) is 12.8. The van der Waals surface area contributed by atoms with Crippen molar-refractivity contribution in [3.63, 3.8) is 0 Å². The average Bonchev–Trinajstić information content (AvgIpc) is 2.96. The molecular weight excluding hydrogens is 264 g/mol. The molecule has 1 aliphatic rings. The number of hydrogen-bond donors (Lipinski definition) is 2. The first kappa shape index (κ1) is 15.8.